The molecule has 0 spiro atoms. The second kappa shape index (κ2) is 7.24. The number of furan rings is 1. The first kappa shape index (κ1) is 15.5. The average molecular weight is 291 g/mol. The van der Waals surface area contributed by atoms with Crippen LogP contribution < -0.4 is 0 Å². The second-order valence-electron chi connectivity index (χ2n) is 4.93. The number of nitrogens with zero attached hydrogens (tertiary/aromatic N) is 1. The number of hydrogen-bond acceptors (Lipinski definition) is 4. The van der Waals surface area contributed by atoms with Crippen molar-refractivity contribution in [3.05, 3.63) is 35.6 Å². The van der Waals surface area contributed by atoms with E-state index < -0.39 is 0 Å². The number of fused-ring (bicyclic) bond motifs is 1. The number of ether oxygens (including phenoxy) is 2. The molecular formula is C16H21NO4. The molecule has 5 nitrogen and oxygen atoms in total. The number of aryl methyl sites for hydroxylation is 1. The van der Waals surface area contributed by atoms with E-state index >= 15 is 0 Å². The van der Waals surface area contributed by atoms with E-state index in [1.165, 1.54) is 0 Å². The van der Waals surface area contributed by atoms with E-state index in [0.29, 0.717) is 32.1 Å². The van der Waals surface area contributed by atoms with E-state index in [1.54, 1.807) is 25.2 Å². The summed E-state index contributed by atoms with van der Waals surface area (Å²) in [4.78, 5) is 14.2. The van der Waals surface area contributed by atoms with Crippen LogP contribution in [0.15, 0.2) is 28.7 Å². The summed E-state index contributed by atoms with van der Waals surface area (Å²) < 4.78 is 15.8. The van der Waals surface area contributed by atoms with Crippen molar-refractivity contribution >= 4 is 16.9 Å². The van der Waals surface area contributed by atoms with Gasteiger partial charge in [0, 0.05) is 32.7 Å². The number of amides is 1. The Balaban J connectivity index is 2.20. The normalized spacial score (nSPS) is 11.0. The van der Waals surface area contributed by atoms with Crippen molar-refractivity contribution in [1.29, 1.82) is 0 Å². The van der Waals surface area contributed by atoms with Crippen molar-refractivity contribution in [3.63, 3.8) is 0 Å². The molecule has 0 N–H and O–H groups in total. The van der Waals surface area contributed by atoms with E-state index in [1.807, 2.05) is 25.1 Å². The van der Waals surface area contributed by atoms with Crippen LogP contribution >= 0.6 is 0 Å². The number of methoxy groups -OCH3 is 2. The average Bonchev–Trinajstić information content (AvgIpc) is 2.89. The van der Waals surface area contributed by atoms with Gasteiger partial charge in [0.1, 0.15) is 5.58 Å². The predicted molar refractivity (Wildman–Crippen MR) is 80.6 cm³/mol. The lowest BCUT2D eigenvalue weighted by Crippen LogP contribution is -2.36. The molecule has 0 fully saturated rings. The molecule has 1 heterocycles. The van der Waals surface area contributed by atoms with Crippen molar-refractivity contribution < 1.29 is 18.7 Å². The highest BCUT2D eigenvalue weighted by atomic mass is 16.5. The van der Waals surface area contributed by atoms with Crippen molar-refractivity contribution in [2.24, 2.45) is 0 Å². The molecule has 0 saturated carbocycles. The Bertz CT molecular complexity index is 597. The van der Waals surface area contributed by atoms with E-state index in [0.717, 1.165) is 16.5 Å². The zero-order chi connectivity index (χ0) is 15.2. The summed E-state index contributed by atoms with van der Waals surface area (Å²) in [7, 11) is 3.23. The monoisotopic (exact) mass is 291 g/mol. The standard InChI is InChI=1S/C16H21NO4/c1-12-4-5-13-11-15(21-14(13)10-12)16(18)17(6-8-19-2)7-9-20-3/h4-5,10-11H,6-9H2,1-3H3. The van der Waals surface area contributed by atoms with Gasteiger partial charge in [-0.1, -0.05) is 12.1 Å². The van der Waals surface area contributed by atoms with Crippen LogP contribution in [-0.2, 0) is 9.47 Å². The summed E-state index contributed by atoms with van der Waals surface area (Å²) in [6, 6.07) is 7.67. The first-order valence-electron chi connectivity index (χ1n) is 6.93. The van der Waals surface area contributed by atoms with Crippen LogP contribution in [0.4, 0.5) is 0 Å². The molecular weight excluding hydrogens is 270 g/mol. The number of benzene rings is 1. The summed E-state index contributed by atoms with van der Waals surface area (Å²) >= 11 is 0. The van der Waals surface area contributed by atoms with Crippen LogP contribution in [0.1, 0.15) is 16.1 Å². The molecule has 1 aromatic heterocycles. The quantitative estimate of drug-likeness (QED) is 0.786. The Labute approximate surface area is 124 Å². The second-order valence-corrected chi connectivity index (χ2v) is 4.93. The molecule has 0 atom stereocenters. The molecule has 1 aromatic carbocycles. The number of carbonyl (C=O) groups excluding carboxylic acids is 1. The van der Waals surface area contributed by atoms with Crippen molar-refractivity contribution in [1.82, 2.24) is 4.90 Å². The molecule has 0 saturated heterocycles. The highest BCUT2D eigenvalue weighted by molar-refractivity contribution is 5.96. The van der Waals surface area contributed by atoms with Gasteiger partial charge >= 0.3 is 0 Å². The van der Waals surface area contributed by atoms with E-state index in [2.05, 4.69) is 0 Å². The van der Waals surface area contributed by atoms with Gasteiger partial charge in [0.25, 0.3) is 5.91 Å². The Morgan fingerprint density at radius 3 is 2.43 bits per heavy atom. The molecule has 0 aliphatic rings. The maximum Gasteiger partial charge on any atom is 0.289 e. The molecule has 21 heavy (non-hydrogen) atoms. The van der Waals surface area contributed by atoms with Crippen LogP contribution in [0, 0.1) is 6.92 Å². The van der Waals surface area contributed by atoms with Crippen LogP contribution in [0.3, 0.4) is 0 Å². The highest BCUT2D eigenvalue weighted by Gasteiger charge is 2.19. The van der Waals surface area contributed by atoms with Gasteiger partial charge < -0.3 is 18.8 Å². The molecule has 5 heteroatoms. The van der Waals surface area contributed by atoms with Crippen molar-refractivity contribution in [2.45, 2.75) is 6.92 Å². The molecule has 1 amide bonds. The molecule has 2 aromatic rings. The van der Waals surface area contributed by atoms with Gasteiger partial charge in [-0.3, -0.25) is 4.79 Å². The largest absolute Gasteiger partial charge is 0.451 e. The minimum absolute atomic E-state index is 0.141. The Kier molecular flexibility index (Phi) is 5.36. The first-order valence-corrected chi connectivity index (χ1v) is 6.93. The lowest BCUT2D eigenvalue weighted by atomic mass is 10.2. The highest BCUT2D eigenvalue weighted by Crippen LogP contribution is 2.21. The molecule has 0 unspecified atom stereocenters. The third-order valence-electron chi connectivity index (χ3n) is 3.30. The molecule has 0 bridgehead atoms. The van der Waals surface area contributed by atoms with E-state index in [4.69, 9.17) is 13.9 Å². The van der Waals surface area contributed by atoms with E-state index in [9.17, 15) is 4.79 Å². The van der Waals surface area contributed by atoms with Crippen molar-refractivity contribution in [3.8, 4) is 0 Å². The lowest BCUT2D eigenvalue weighted by Gasteiger charge is -2.20. The molecule has 0 aliphatic heterocycles. The zero-order valence-corrected chi connectivity index (χ0v) is 12.7. The lowest BCUT2D eigenvalue weighted by molar-refractivity contribution is 0.0600. The fourth-order valence-corrected chi connectivity index (χ4v) is 2.12. The fraction of sp³-hybridized carbons (Fsp3) is 0.438. The van der Waals surface area contributed by atoms with Crippen LogP contribution in [0.25, 0.3) is 11.0 Å². The van der Waals surface area contributed by atoms with Crippen LogP contribution in [-0.4, -0.2) is 51.3 Å². The smallest absolute Gasteiger partial charge is 0.289 e. The third-order valence-corrected chi connectivity index (χ3v) is 3.30. The topological polar surface area (TPSA) is 51.9 Å². The first-order chi connectivity index (χ1) is 10.2. The minimum atomic E-state index is -0.141. The molecule has 0 aliphatic carbocycles. The minimum Gasteiger partial charge on any atom is -0.451 e. The van der Waals surface area contributed by atoms with Gasteiger partial charge in [0.15, 0.2) is 5.76 Å². The molecule has 0 radical (unpaired) electrons. The SMILES string of the molecule is COCCN(CCOC)C(=O)c1cc2ccc(C)cc2o1. The van der Waals surface area contributed by atoms with Gasteiger partial charge in [-0.05, 0) is 24.6 Å². The van der Waals surface area contributed by atoms with Gasteiger partial charge in [-0.25, -0.2) is 0 Å². The Morgan fingerprint density at radius 1 is 1.14 bits per heavy atom. The summed E-state index contributed by atoms with van der Waals surface area (Å²) in [6.45, 7) is 3.97. The molecule has 114 valence electrons. The van der Waals surface area contributed by atoms with Crippen LogP contribution in [0.5, 0.6) is 0 Å². The Hall–Kier alpha value is -1.85. The molecule has 2 rings (SSSR count). The Morgan fingerprint density at radius 2 is 1.81 bits per heavy atom. The van der Waals surface area contributed by atoms with Gasteiger partial charge in [0.2, 0.25) is 0 Å². The van der Waals surface area contributed by atoms with Crippen LogP contribution in [0.2, 0.25) is 0 Å². The predicted octanol–water partition coefficient (Wildman–Crippen LogP) is 2.48. The van der Waals surface area contributed by atoms with Gasteiger partial charge in [0.05, 0.1) is 13.2 Å². The summed E-state index contributed by atoms with van der Waals surface area (Å²) in [6.07, 6.45) is 0. The number of carbonyl (C=O) groups is 1. The zero-order valence-electron chi connectivity index (χ0n) is 12.7. The number of hydrogen-bond donors (Lipinski definition) is 0. The van der Waals surface area contributed by atoms with Crippen molar-refractivity contribution in [2.75, 3.05) is 40.5 Å². The maximum atomic E-state index is 12.5. The fourth-order valence-electron chi connectivity index (χ4n) is 2.12. The summed E-state index contributed by atoms with van der Waals surface area (Å²) in [5.41, 5.74) is 1.84. The maximum absolute atomic E-state index is 12.5. The summed E-state index contributed by atoms with van der Waals surface area (Å²) in [5.74, 6) is 0.209. The third kappa shape index (κ3) is 3.83. The summed E-state index contributed by atoms with van der Waals surface area (Å²) in [5, 5.41) is 0.933. The number of rotatable bonds is 7. The van der Waals surface area contributed by atoms with Gasteiger partial charge in [-0.15, -0.1) is 0 Å². The van der Waals surface area contributed by atoms with E-state index in [-0.39, 0.29) is 5.91 Å². The van der Waals surface area contributed by atoms with Gasteiger partial charge in [-0.2, -0.15) is 0 Å².